The van der Waals surface area contributed by atoms with Gasteiger partial charge in [-0.1, -0.05) is 35.0 Å². The molecule has 10 heteroatoms. The van der Waals surface area contributed by atoms with Crippen LogP contribution in [0.15, 0.2) is 30.5 Å². The predicted molar refractivity (Wildman–Crippen MR) is 108 cm³/mol. The molecular weight excluding hydrogens is 410 g/mol. The molecule has 0 bridgehead atoms. The molecule has 1 saturated heterocycles. The van der Waals surface area contributed by atoms with Gasteiger partial charge in [-0.3, -0.25) is 9.59 Å². The number of aromatic nitrogens is 3. The quantitative estimate of drug-likeness (QED) is 0.645. The van der Waals surface area contributed by atoms with E-state index in [1.807, 2.05) is 0 Å². The maximum atomic E-state index is 12.9. The average molecular weight is 434 g/mol. The van der Waals surface area contributed by atoms with Crippen molar-refractivity contribution in [2.45, 2.75) is 31.0 Å². The first-order valence-corrected chi connectivity index (χ1v) is 10.3. The van der Waals surface area contributed by atoms with E-state index in [1.165, 1.54) is 7.11 Å². The van der Waals surface area contributed by atoms with Crippen molar-refractivity contribution in [3.63, 3.8) is 0 Å². The Bertz CT molecular complexity index is 912. The number of hydrogen-bond donors (Lipinski definition) is 1. The van der Waals surface area contributed by atoms with Crippen molar-refractivity contribution in [3.8, 4) is 0 Å². The third kappa shape index (κ3) is 4.48. The topological polar surface area (TPSA) is 98.6 Å². The van der Waals surface area contributed by atoms with Crippen molar-refractivity contribution < 1.29 is 19.1 Å². The zero-order valence-electron chi connectivity index (χ0n) is 16.7. The number of carbonyl (C=O) groups excluding carboxylic acids is 2. The first-order valence-electron chi connectivity index (χ1n) is 9.94. The number of hydrogen-bond acceptors (Lipinski definition) is 6. The van der Waals surface area contributed by atoms with Crippen LogP contribution in [0.25, 0.3) is 0 Å². The molecule has 160 valence electrons. The summed E-state index contributed by atoms with van der Waals surface area (Å²) in [5.74, 6) is -0.475. The number of amides is 2. The minimum atomic E-state index is -0.812. The lowest BCUT2D eigenvalue weighted by Crippen LogP contribution is -2.41. The Morgan fingerprint density at radius 1 is 1.37 bits per heavy atom. The summed E-state index contributed by atoms with van der Waals surface area (Å²) in [6, 6.07) is 7.39. The molecule has 30 heavy (non-hydrogen) atoms. The summed E-state index contributed by atoms with van der Waals surface area (Å²) in [7, 11) is 1.46. The SMILES string of the molecule is COC(C(=O)NCCN(C(=O)c1cn(C2COC2)nn1)C1CC1)c1ccccc1Cl. The smallest absolute Gasteiger partial charge is 0.276 e. The van der Waals surface area contributed by atoms with Crippen molar-refractivity contribution in [1.29, 1.82) is 0 Å². The monoisotopic (exact) mass is 433 g/mol. The van der Waals surface area contributed by atoms with Crippen molar-refractivity contribution in [1.82, 2.24) is 25.2 Å². The van der Waals surface area contributed by atoms with Crippen LogP contribution >= 0.6 is 11.6 Å². The van der Waals surface area contributed by atoms with Gasteiger partial charge in [0.25, 0.3) is 11.8 Å². The van der Waals surface area contributed by atoms with Gasteiger partial charge in [0, 0.05) is 36.8 Å². The van der Waals surface area contributed by atoms with Crippen molar-refractivity contribution in [2.24, 2.45) is 0 Å². The van der Waals surface area contributed by atoms with Gasteiger partial charge in [0.2, 0.25) is 0 Å². The standard InChI is InChI=1S/C20H24ClN5O4/c1-29-18(15-4-2-3-5-16(15)21)19(27)22-8-9-25(13-6-7-13)20(28)17-10-26(24-23-17)14-11-30-12-14/h2-5,10,13-14,18H,6-9,11-12H2,1H3,(H,22,27). The fraction of sp³-hybridized carbons (Fsp3) is 0.500. The number of nitrogens with zero attached hydrogens (tertiary/aromatic N) is 4. The summed E-state index contributed by atoms with van der Waals surface area (Å²) in [6.45, 7) is 1.85. The fourth-order valence-corrected chi connectivity index (χ4v) is 3.60. The van der Waals surface area contributed by atoms with E-state index in [2.05, 4.69) is 15.6 Å². The first-order chi connectivity index (χ1) is 14.6. The lowest BCUT2D eigenvalue weighted by Gasteiger charge is -2.25. The maximum absolute atomic E-state index is 12.9. The van der Waals surface area contributed by atoms with E-state index in [1.54, 1.807) is 40.0 Å². The highest BCUT2D eigenvalue weighted by atomic mass is 35.5. The van der Waals surface area contributed by atoms with Gasteiger partial charge in [-0.25, -0.2) is 4.68 Å². The van der Waals surface area contributed by atoms with Gasteiger partial charge in [-0.15, -0.1) is 5.10 Å². The second-order valence-electron chi connectivity index (χ2n) is 7.43. The van der Waals surface area contributed by atoms with Gasteiger partial charge in [0.05, 0.1) is 19.4 Å². The second-order valence-corrected chi connectivity index (χ2v) is 7.84. The average Bonchev–Trinajstić information content (AvgIpc) is 3.43. The zero-order valence-corrected chi connectivity index (χ0v) is 17.4. The van der Waals surface area contributed by atoms with Crippen molar-refractivity contribution >= 4 is 23.4 Å². The Balaban J connectivity index is 1.35. The van der Waals surface area contributed by atoms with Crippen LogP contribution in [0.4, 0.5) is 0 Å². The van der Waals surface area contributed by atoms with Gasteiger partial charge in [0.1, 0.15) is 6.04 Å². The summed E-state index contributed by atoms with van der Waals surface area (Å²) in [6.07, 6.45) is 2.75. The molecule has 1 unspecified atom stereocenters. The normalized spacial score (nSPS) is 17.3. The molecule has 1 aromatic carbocycles. The molecule has 1 aliphatic heterocycles. The van der Waals surface area contributed by atoms with E-state index >= 15 is 0 Å². The third-order valence-electron chi connectivity index (χ3n) is 5.29. The number of ether oxygens (including phenoxy) is 2. The summed E-state index contributed by atoms with van der Waals surface area (Å²) in [4.78, 5) is 27.3. The number of nitrogens with one attached hydrogen (secondary N) is 1. The Kier molecular flexibility index (Phi) is 6.31. The van der Waals surface area contributed by atoms with E-state index in [0.717, 1.165) is 12.8 Å². The molecule has 1 aliphatic carbocycles. The van der Waals surface area contributed by atoms with Crippen molar-refractivity contribution in [2.75, 3.05) is 33.4 Å². The summed E-state index contributed by atoms with van der Waals surface area (Å²) < 4.78 is 12.2. The van der Waals surface area contributed by atoms with Gasteiger partial charge in [-0.05, 0) is 18.9 Å². The molecule has 1 aromatic heterocycles. The van der Waals surface area contributed by atoms with Gasteiger partial charge < -0.3 is 19.7 Å². The molecule has 2 heterocycles. The number of carbonyl (C=O) groups is 2. The van der Waals surface area contributed by atoms with E-state index < -0.39 is 6.10 Å². The second kappa shape index (κ2) is 9.11. The van der Waals surface area contributed by atoms with Crippen molar-refractivity contribution in [3.05, 3.63) is 46.7 Å². The highest BCUT2D eigenvalue weighted by molar-refractivity contribution is 6.31. The van der Waals surface area contributed by atoms with E-state index in [4.69, 9.17) is 21.1 Å². The minimum absolute atomic E-state index is 0.142. The summed E-state index contributed by atoms with van der Waals surface area (Å²) in [5.41, 5.74) is 0.914. The Hall–Kier alpha value is -2.49. The number of rotatable bonds is 9. The molecule has 9 nitrogen and oxygen atoms in total. The lowest BCUT2D eigenvalue weighted by atomic mass is 10.1. The third-order valence-corrected chi connectivity index (χ3v) is 5.63. The molecule has 2 amide bonds. The van der Waals surface area contributed by atoms with Crippen LogP contribution in [0.1, 0.15) is 41.0 Å². The molecule has 0 spiro atoms. The summed E-state index contributed by atoms with van der Waals surface area (Å²) >= 11 is 6.19. The predicted octanol–water partition coefficient (Wildman–Crippen LogP) is 1.61. The molecule has 1 saturated carbocycles. The molecular formula is C20H24ClN5O4. The molecule has 1 N–H and O–H groups in total. The van der Waals surface area contributed by atoms with E-state index in [9.17, 15) is 9.59 Å². The van der Waals surface area contributed by atoms with Gasteiger partial charge >= 0.3 is 0 Å². The first kappa shape index (κ1) is 20.8. The molecule has 2 aliphatic rings. The molecule has 4 rings (SSSR count). The molecule has 2 fully saturated rings. The van der Waals surface area contributed by atoms with Gasteiger partial charge in [0.15, 0.2) is 11.8 Å². The Labute approximate surface area is 179 Å². The van der Waals surface area contributed by atoms with Crippen LogP contribution in [0.5, 0.6) is 0 Å². The molecule has 1 atom stereocenters. The highest BCUT2D eigenvalue weighted by Gasteiger charge is 2.34. The van der Waals surface area contributed by atoms with Crippen LogP contribution < -0.4 is 5.32 Å². The van der Waals surface area contributed by atoms with Crippen LogP contribution in [0.2, 0.25) is 5.02 Å². The number of methoxy groups -OCH3 is 1. The maximum Gasteiger partial charge on any atom is 0.276 e. The molecule has 0 radical (unpaired) electrons. The van der Waals surface area contributed by atoms with Crippen LogP contribution in [0, 0.1) is 0 Å². The van der Waals surface area contributed by atoms with Crippen LogP contribution in [0.3, 0.4) is 0 Å². The largest absolute Gasteiger partial charge is 0.377 e. The van der Waals surface area contributed by atoms with Crippen LogP contribution in [-0.4, -0.2) is 71.2 Å². The fourth-order valence-electron chi connectivity index (χ4n) is 3.37. The van der Waals surface area contributed by atoms with E-state index in [-0.39, 0.29) is 23.9 Å². The highest BCUT2D eigenvalue weighted by Crippen LogP contribution is 2.28. The summed E-state index contributed by atoms with van der Waals surface area (Å²) in [5, 5.41) is 11.4. The van der Waals surface area contributed by atoms with Crippen LogP contribution in [-0.2, 0) is 14.3 Å². The number of benzene rings is 1. The van der Waals surface area contributed by atoms with E-state index in [0.29, 0.717) is 42.6 Å². The Morgan fingerprint density at radius 3 is 2.77 bits per heavy atom. The lowest BCUT2D eigenvalue weighted by molar-refractivity contribution is -0.131. The zero-order chi connectivity index (χ0) is 21.1. The molecule has 2 aromatic rings. The van der Waals surface area contributed by atoms with Gasteiger partial charge in [-0.2, -0.15) is 0 Å². The Morgan fingerprint density at radius 2 is 2.13 bits per heavy atom. The minimum Gasteiger partial charge on any atom is -0.377 e. The number of halogens is 1.